The molecule has 2 N–H and O–H groups in total. The van der Waals surface area contributed by atoms with Gasteiger partial charge in [-0.05, 0) is 52.2 Å². The Labute approximate surface area is 175 Å². The Morgan fingerprint density at radius 1 is 1.30 bits per heavy atom. The van der Waals surface area contributed by atoms with Crippen LogP contribution in [0.1, 0.15) is 62.0 Å². The Hall–Kier alpha value is -3.28. The molecule has 9 nitrogen and oxygen atoms in total. The number of aromatic nitrogens is 2. The van der Waals surface area contributed by atoms with Gasteiger partial charge < -0.3 is 24.7 Å². The topological polar surface area (TPSA) is 123 Å². The van der Waals surface area contributed by atoms with E-state index >= 15 is 0 Å². The molecule has 0 spiro atoms. The number of anilines is 1. The molecule has 0 saturated carbocycles. The summed E-state index contributed by atoms with van der Waals surface area (Å²) < 4.78 is 12.1. The van der Waals surface area contributed by atoms with E-state index in [-0.39, 0.29) is 29.2 Å². The number of amides is 1. The van der Waals surface area contributed by atoms with Crippen LogP contribution in [0.4, 0.5) is 10.7 Å². The van der Waals surface area contributed by atoms with Gasteiger partial charge >= 0.3 is 12.1 Å². The number of nitrogen functional groups attached to an aromatic ring is 1. The van der Waals surface area contributed by atoms with Gasteiger partial charge in [-0.1, -0.05) is 0 Å². The lowest BCUT2D eigenvalue weighted by atomic mass is 10.1. The number of ether oxygens (including phenoxy) is 2. The van der Waals surface area contributed by atoms with E-state index < -0.39 is 11.6 Å². The van der Waals surface area contributed by atoms with Crippen LogP contribution in [0.3, 0.4) is 0 Å². The predicted octanol–water partition coefficient (Wildman–Crippen LogP) is 3.24. The first kappa shape index (κ1) is 21.4. The highest BCUT2D eigenvalue weighted by Crippen LogP contribution is 2.32. The monoisotopic (exact) mass is 413 g/mol. The van der Waals surface area contributed by atoms with Gasteiger partial charge in [0.2, 0.25) is 5.95 Å². The highest BCUT2D eigenvalue weighted by molar-refractivity contribution is 5.96. The molecule has 1 aromatic heterocycles. The molecule has 2 aromatic rings. The number of esters is 1. The number of hydrogen-bond donors (Lipinski definition) is 1. The molecule has 3 rings (SSSR count). The van der Waals surface area contributed by atoms with E-state index in [2.05, 4.69) is 11.1 Å². The van der Waals surface area contributed by atoms with Crippen LogP contribution in [-0.4, -0.2) is 52.3 Å². The maximum Gasteiger partial charge on any atom is 0.410 e. The molecule has 1 fully saturated rings. The first-order chi connectivity index (χ1) is 14.1. The lowest BCUT2D eigenvalue weighted by molar-refractivity contribution is 0.0238. The van der Waals surface area contributed by atoms with Gasteiger partial charge in [-0.2, -0.15) is 5.26 Å². The standard InChI is InChI=1S/C21H27N5O4/c1-21(2,3)30-20(28)25-8-6-5-7-15(12-25)26-17-14(11-22)9-13(18(27)29-4)10-16(17)24-19(26)23/h9-10,15H,5-8,12H2,1-4H3,(H2,23,24). The summed E-state index contributed by atoms with van der Waals surface area (Å²) in [5, 5.41) is 9.70. The van der Waals surface area contributed by atoms with Crippen LogP contribution >= 0.6 is 0 Å². The molecule has 1 atom stereocenters. The van der Waals surface area contributed by atoms with Crippen LogP contribution in [0.25, 0.3) is 11.0 Å². The maximum atomic E-state index is 12.6. The minimum absolute atomic E-state index is 0.166. The maximum absolute atomic E-state index is 12.6. The number of likely N-dealkylation sites (tertiary alicyclic amines) is 1. The first-order valence-electron chi connectivity index (χ1n) is 9.92. The fourth-order valence-corrected chi connectivity index (χ4v) is 3.76. The number of hydrogen-bond acceptors (Lipinski definition) is 7. The Morgan fingerprint density at radius 3 is 2.67 bits per heavy atom. The molecule has 9 heteroatoms. The van der Waals surface area contributed by atoms with E-state index in [0.717, 1.165) is 19.3 Å². The number of nitrogens with two attached hydrogens (primary N) is 1. The van der Waals surface area contributed by atoms with Crippen LogP contribution < -0.4 is 5.73 Å². The van der Waals surface area contributed by atoms with Crippen LogP contribution in [0.15, 0.2) is 12.1 Å². The van der Waals surface area contributed by atoms with Gasteiger partial charge in [0.05, 0.1) is 35.3 Å². The summed E-state index contributed by atoms with van der Waals surface area (Å²) in [6.07, 6.45) is 2.15. The van der Waals surface area contributed by atoms with Crippen LogP contribution in [0.5, 0.6) is 0 Å². The lowest BCUT2D eigenvalue weighted by Crippen LogP contribution is -2.39. The minimum Gasteiger partial charge on any atom is -0.465 e. The van der Waals surface area contributed by atoms with E-state index in [1.165, 1.54) is 13.2 Å². The van der Waals surface area contributed by atoms with Gasteiger partial charge in [-0.25, -0.2) is 14.6 Å². The van der Waals surface area contributed by atoms with Crippen molar-refractivity contribution < 1.29 is 19.1 Å². The molecule has 160 valence electrons. The van der Waals surface area contributed by atoms with E-state index in [0.29, 0.717) is 24.1 Å². The van der Waals surface area contributed by atoms with Gasteiger partial charge in [0.15, 0.2) is 0 Å². The molecule has 30 heavy (non-hydrogen) atoms. The fourth-order valence-electron chi connectivity index (χ4n) is 3.76. The zero-order chi connectivity index (χ0) is 22.1. The highest BCUT2D eigenvalue weighted by atomic mass is 16.6. The molecule has 1 unspecified atom stereocenters. The number of methoxy groups -OCH3 is 1. The fraction of sp³-hybridized carbons (Fsp3) is 0.524. The van der Waals surface area contributed by atoms with Crippen molar-refractivity contribution in [2.45, 2.75) is 51.7 Å². The van der Waals surface area contributed by atoms with Crippen molar-refractivity contribution in [2.75, 3.05) is 25.9 Å². The molecular weight excluding hydrogens is 386 g/mol. The van der Waals surface area contributed by atoms with Gasteiger partial charge in [0, 0.05) is 13.1 Å². The minimum atomic E-state index is -0.585. The zero-order valence-corrected chi connectivity index (χ0v) is 17.8. The normalized spacial score (nSPS) is 17.3. The van der Waals surface area contributed by atoms with Gasteiger partial charge in [0.25, 0.3) is 0 Å². The molecule has 0 bridgehead atoms. The second-order valence-electron chi connectivity index (χ2n) is 8.41. The SMILES string of the molecule is COC(=O)c1cc(C#N)c2c(c1)nc(N)n2C1CCCCN(C(=O)OC(C)(C)C)C1. The first-order valence-corrected chi connectivity index (χ1v) is 9.92. The number of benzene rings is 1. The van der Waals surface area contributed by atoms with Gasteiger partial charge in [0.1, 0.15) is 11.7 Å². The molecule has 1 aliphatic heterocycles. The number of nitriles is 1. The van der Waals surface area contributed by atoms with Crippen molar-refractivity contribution in [1.29, 1.82) is 5.26 Å². The number of nitrogens with zero attached hydrogens (tertiary/aromatic N) is 4. The Bertz CT molecular complexity index is 1020. The smallest absolute Gasteiger partial charge is 0.410 e. The summed E-state index contributed by atoms with van der Waals surface area (Å²) in [5.74, 6) is -0.313. The third kappa shape index (κ3) is 4.32. The summed E-state index contributed by atoms with van der Waals surface area (Å²) in [6.45, 7) is 6.49. The summed E-state index contributed by atoms with van der Waals surface area (Å²) in [5.41, 5.74) is 7.17. The van der Waals surface area contributed by atoms with E-state index in [9.17, 15) is 14.9 Å². The van der Waals surface area contributed by atoms with Crippen molar-refractivity contribution in [3.63, 3.8) is 0 Å². The predicted molar refractivity (Wildman–Crippen MR) is 111 cm³/mol. The summed E-state index contributed by atoms with van der Waals surface area (Å²) in [7, 11) is 1.28. The lowest BCUT2D eigenvalue weighted by Gasteiger charge is -2.29. The molecule has 1 amide bonds. The zero-order valence-electron chi connectivity index (χ0n) is 17.8. The Morgan fingerprint density at radius 2 is 2.03 bits per heavy atom. The Kier molecular flexibility index (Phi) is 5.87. The number of carbonyl (C=O) groups is 2. The van der Waals surface area contributed by atoms with Crippen LogP contribution in [-0.2, 0) is 9.47 Å². The molecule has 0 aliphatic carbocycles. The molecule has 1 aliphatic rings. The third-order valence-corrected chi connectivity index (χ3v) is 5.02. The van der Waals surface area contributed by atoms with Crippen molar-refractivity contribution in [1.82, 2.24) is 14.5 Å². The van der Waals surface area contributed by atoms with Crippen molar-refractivity contribution in [2.24, 2.45) is 0 Å². The molecule has 2 heterocycles. The number of imidazole rings is 1. The highest BCUT2D eigenvalue weighted by Gasteiger charge is 2.29. The molecule has 0 radical (unpaired) electrons. The van der Waals surface area contributed by atoms with Gasteiger partial charge in [-0.3, -0.25) is 0 Å². The van der Waals surface area contributed by atoms with Crippen LogP contribution in [0, 0.1) is 11.3 Å². The van der Waals surface area contributed by atoms with E-state index in [4.69, 9.17) is 15.2 Å². The molecule has 1 saturated heterocycles. The number of carbonyl (C=O) groups excluding carboxylic acids is 2. The van der Waals surface area contributed by atoms with E-state index in [1.54, 1.807) is 15.5 Å². The number of fused-ring (bicyclic) bond motifs is 1. The van der Waals surface area contributed by atoms with Crippen molar-refractivity contribution >= 4 is 29.0 Å². The van der Waals surface area contributed by atoms with Crippen molar-refractivity contribution in [3.05, 3.63) is 23.3 Å². The quantitative estimate of drug-likeness (QED) is 0.750. The average Bonchev–Trinajstić information content (AvgIpc) is 2.85. The largest absolute Gasteiger partial charge is 0.465 e. The Balaban J connectivity index is 2.02. The second-order valence-corrected chi connectivity index (χ2v) is 8.41. The molecular formula is C21H27N5O4. The van der Waals surface area contributed by atoms with Crippen LogP contribution in [0.2, 0.25) is 0 Å². The summed E-state index contributed by atoms with van der Waals surface area (Å²) in [6, 6.07) is 5.01. The molecule has 1 aromatic carbocycles. The summed E-state index contributed by atoms with van der Waals surface area (Å²) in [4.78, 5) is 30.7. The summed E-state index contributed by atoms with van der Waals surface area (Å²) >= 11 is 0. The number of rotatable bonds is 2. The third-order valence-electron chi connectivity index (χ3n) is 5.02. The second kappa shape index (κ2) is 8.22. The van der Waals surface area contributed by atoms with Gasteiger partial charge in [-0.15, -0.1) is 0 Å². The van der Waals surface area contributed by atoms with E-state index in [1.807, 2.05) is 20.8 Å². The van der Waals surface area contributed by atoms with Crippen molar-refractivity contribution in [3.8, 4) is 6.07 Å². The average molecular weight is 413 g/mol.